The highest BCUT2D eigenvalue weighted by Gasteiger charge is 2.40. The first-order valence-electron chi connectivity index (χ1n) is 6.09. The zero-order valence-corrected chi connectivity index (χ0v) is 11.4. The highest BCUT2D eigenvalue weighted by molar-refractivity contribution is 6.33. The Bertz CT molecular complexity index is 710. The topological polar surface area (TPSA) is 81.6 Å². The molecule has 1 aliphatic heterocycles. The van der Waals surface area contributed by atoms with Gasteiger partial charge in [-0.25, -0.2) is 14.9 Å². The quantitative estimate of drug-likeness (QED) is 0.790. The van der Waals surface area contributed by atoms with E-state index in [1.165, 1.54) is 26.6 Å². The van der Waals surface area contributed by atoms with Crippen LogP contribution in [0.2, 0.25) is 0 Å². The molecule has 0 saturated carbocycles. The van der Waals surface area contributed by atoms with Gasteiger partial charge in [0.05, 0.1) is 19.9 Å². The third-order valence-corrected chi connectivity index (χ3v) is 3.14. The van der Waals surface area contributed by atoms with Gasteiger partial charge in [-0.15, -0.1) is 0 Å². The SMILES string of the molecule is COc1ccc(OC)c(N2C(=O)c3nccnc3C2=O)c1. The number of methoxy groups -OCH3 is 2. The van der Waals surface area contributed by atoms with Crippen LogP contribution in [0, 0.1) is 0 Å². The molecule has 7 nitrogen and oxygen atoms in total. The summed E-state index contributed by atoms with van der Waals surface area (Å²) in [7, 11) is 2.96. The standard InChI is InChI=1S/C14H11N3O4/c1-20-8-3-4-10(21-2)9(7-8)17-13(18)11-12(14(17)19)16-6-5-15-11/h3-7H,1-2H3. The average molecular weight is 285 g/mol. The lowest BCUT2D eigenvalue weighted by Gasteiger charge is -2.17. The van der Waals surface area contributed by atoms with Crippen LogP contribution in [0.4, 0.5) is 5.69 Å². The van der Waals surface area contributed by atoms with Gasteiger partial charge in [0.25, 0.3) is 11.8 Å². The van der Waals surface area contributed by atoms with Crippen molar-refractivity contribution < 1.29 is 19.1 Å². The molecule has 0 fully saturated rings. The molecule has 106 valence electrons. The molecule has 2 amide bonds. The number of hydrogen-bond donors (Lipinski definition) is 0. The van der Waals surface area contributed by atoms with E-state index in [-0.39, 0.29) is 11.4 Å². The Hall–Kier alpha value is -2.96. The van der Waals surface area contributed by atoms with E-state index in [9.17, 15) is 9.59 Å². The van der Waals surface area contributed by atoms with Gasteiger partial charge in [0.1, 0.15) is 11.5 Å². The molecule has 2 heterocycles. The molecule has 0 atom stereocenters. The number of carbonyl (C=O) groups excluding carboxylic acids is 2. The van der Waals surface area contributed by atoms with E-state index >= 15 is 0 Å². The Morgan fingerprint density at radius 3 is 2.10 bits per heavy atom. The maximum absolute atomic E-state index is 12.4. The van der Waals surface area contributed by atoms with E-state index in [1.807, 2.05) is 0 Å². The van der Waals surface area contributed by atoms with Crippen LogP contribution in [0.15, 0.2) is 30.6 Å². The summed E-state index contributed by atoms with van der Waals surface area (Å²) in [4.78, 5) is 33.6. The molecule has 3 rings (SSSR count). The molecule has 1 aliphatic rings. The van der Waals surface area contributed by atoms with Gasteiger partial charge in [0.15, 0.2) is 11.4 Å². The number of ether oxygens (including phenoxy) is 2. The van der Waals surface area contributed by atoms with Crippen molar-refractivity contribution >= 4 is 17.5 Å². The molecule has 0 N–H and O–H groups in total. The first kappa shape index (κ1) is 13.0. The van der Waals surface area contributed by atoms with Gasteiger partial charge >= 0.3 is 0 Å². The van der Waals surface area contributed by atoms with Crippen LogP contribution in [0.25, 0.3) is 0 Å². The van der Waals surface area contributed by atoms with Crippen molar-refractivity contribution in [1.29, 1.82) is 0 Å². The van der Waals surface area contributed by atoms with Gasteiger partial charge in [-0.1, -0.05) is 0 Å². The molecule has 0 bridgehead atoms. The predicted molar refractivity (Wildman–Crippen MR) is 72.7 cm³/mol. The highest BCUT2D eigenvalue weighted by Crippen LogP contribution is 2.36. The lowest BCUT2D eigenvalue weighted by Crippen LogP contribution is -2.30. The fourth-order valence-corrected chi connectivity index (χ4v) is 2.15. The van der Waals surface area contributed by atoms with Crippen molar-refractivity contribution in [2.24, 2.45) is 0 Å². The number of aromatic nitrogens is 2. The van der Waals surface area contributed by atoms with Crippen molar-refractivity contribution in [3.63, 3.8) is 0 Å². The molecule has 0 aliphatic carbocycles. The summed E-state index contributed by atoms with van der Waals surface area (Å²) in [6.07, 6.45) is 2.74. The van der Waals surface area contributed by atoms with E-state index in [2.05, 4.69) is 9.97 Å². The van der Waals surface area contributed by atoms with E-state index in [0.717, 1.165) is 4.90 Å². The zero-order valence-electron chi connectivity index (χ0n) is 11.4. The number of benzene rings is 1. The number of anilines is 1. The second kappa shape index (κ2) is 4.86. The lowest BCUT2D eigenvalue weighted by atomic mass is 10.2. The molecule has 2 aromatic rings. The predicted octanol–water partition coefficient (Wildman–Crippen LogP) is 1.29. The van der Waals surface area contributed by atoms with Gasteiger partial charge in [0.2, 0.25) is 0 Å². The Morgan fingerprint density at radius 2 is 1.57 bits per heavy atom. The number of fused-ring (bicyclic) bond motifs is 1. The monoisotopic (exact) mass is 285 g/mol. The fraction of sp³-hybridized carbons (Fsp3) is 0.143. The highest BCUT2D eigenvalue weighted by atomic mass is 16.5. The second-order valence-electron chi connectivity index (χ2n) is 4.24. The molecule has 0 unspecified atom stereocenters. The summed E-state index contributed by atoms with van der Waals surface area (Å²) in [5.41, 5.74) is 0.367. The number of carbonyl (C=O) groups is 2. The maximum atomic E-state index is 12.4. The summed E-state index contributed by atoms with van der Waals surface area (Å²) in [6.45, 7) is 0. The summed E-state index contributed by atoms with van der Waals surface area (Å²) in [6, 6.07) is 4.86. The van der Waals surface area contributed by atoms with Gasteiger partial charge in [-0.3, -0.25) is 9.59 Å². The third-order valence-electron chi connectivity index (χ3n) is 3.14. The van der Waals surface area contributed by atoms with Gasteiger partial charge in [-0.05, 0) is 12.1 Å². The number of hydrogen-bond acceptors (Lipinski definition) is 6. The van der Waals surface area contributed by atoms with E-state index < -0.39 is 11.8 Å². The van der Waals surface area contributed by atoms with Gasteiger partial charge in [-0.2, -0.15) is 0 Å². The smallest absolute Gasteiger partial charge is 0.286 e. The molecule has 0 spiro atoms. The summed E-state index contributed by atoms with van der Waals surface area (Å²) < 4.78 is 10.3. The normalized spacial score (nSPS) is 13.3. The number of amides is 2. The van der Waals surface area contributed by atoms with Crippen LogP contribution in [0.5, 0.6) is 11.5 Å². The van der Waals surface area contributed by atoms with Gasteiger partial charge in [0, 0.05) is 18.5 Å². The fourth-order valence-electron chi connectivity index (χ4n) is 2.15. The summed E-state index contributed by atoms with van der Waals surface area (Å²) in [5, 5.41) is 0. The minimum atomic E-state index is -0.533. The lowest BCUT2D eigenvalue weighted by molar-refractivity contribution is 0.0922. The molecular weight excluding hydrogens is 274 g/mol. The average Bonchev–Trinajstić information content (AvgIpc) is 2.78. The van der Waals surface area contributed by atoms with Crippen molar-refractivity contribution in [2.45, 2.75) is 0 Å². The Morgan fingerprint density at radius 1 is 0.952 bits per heavy atom. The number of nitrogens with zero attached hydrogens (tertiary/aromatic N) is 3. The largest absolute Gasteiger partial charge is 0.497 e. The van der Waals surface area contributed by atoms with Crippen LogP contribution < -0.4 is 14.4 Å². The van der Waals surface area contributed by atoms with E-state index in [4.69, 9.17) is 9.47 Å². The Kier molecular flexibility index (Phi) is 3.02. The number of rotatable bonds is 3. The molecule has 21 heavy (non-hydrogen) atoms. The second-order valence-corrected chi connectivity index (χ2v) is 4.24. The Labute approximate surface area is 120 Å². The molecule has 1 aromatic heterocycles. The van der Waals surface area contributed by atoms with Crippen LogP contribution >= 0.6 is 0 Å². The first-order valence-corrected chi connectivity index (χ1v) is 6.09. The van der Waals surface area contributed by atoms with Gasteiger partial charge < -0.3 is 9.47 Å². The third kappa shape index (κ3) is 1.90. The van der Waals surface area contributed by atoms with Crippen LogP contribution in [0.1, 0.15) is 21.0 Å². The molecular formula is C14H11N3O4. The van der Waals surface area contributed by atoms with Crippen LogP contribution in [-0.2, 0) is 0 Å². The van der Waals surface area contributed by atoms with Crippen LogP contribution in [-0.4, -0.2) is 36.0 Å². The molecule has 7 heteroatoms. The number of imide groups is 1. The van der Waals surface area contributed by atoms with E-state index in [1.54, 1.807) is 18.2 Å². The first-order chi connectivity index (χ1) is 10.2. The van der Waals surface area contributed by atoms with Crippen LogP contribution in [0.3, 0.4) is 0 Å². The minimum absolute atomic E-state index is 0.0346. The minimum Gasteiger partial charge on any atom is -0.497 e. The van der Waals surface area contributed by atoms with Crippen molar-refractivity contribution in [3.8, 4) is 11.5 Å². The maximum Gasteiger partial charge on any atom is 0.286 e. The summed E-state index contributed by atoms with van der Waals surface area (Å²) >= 11 is 0. The molecule has 1 aromatic carbocycles. The van der Waals surface area contributed by atoms with E-state index in [0.29, 0.717) is 17.2 Å². The van der Waals surface area contributed by atoms with Crippen molar-refractivity contribution in [1.82, 2.24) is 9.97 Å². The molecule has 0 radical (unpaired) electrons. The van der Waals surface area contributed by atoms with Crippen molar-refractivity contribution in [3.05, 3.63) is 42.0 Å². The molecule has 0 saturated heterocycles. The van der Waals surface area contributed by atoms with Crippen molar-refractivity contribution in [2.75, 3.05) is 19.1 Å². The Balaban J connectivity index is 2.14. The zero-order chi connectivity index (χ0) is 15.0. The summed E-state index contributed by atoms with van der Waals surface area (Å²) in [5.74, 6) is -0.183.